The van der Waals surface area contributed by atoms with E-state index in [0.717, 1.165) is 36.8 Å². The van der Waals surface area contributed by atoms with Crippen LogP contribution in [0.5, 0.6) is 0 Å². The molecule has 2 aliphatic rings. The first-order valence-electron chi connectivity index (χ1n) is 11.8. The number of hydrogen-bond donors (Lipinski definition) is 1. The average molecular weight is 468 g/mol. The van der Waals surface area contributed by atoms with Gasteiger partial charge in [0.15, 0.2) is 5.58 Å². The molecule has 1 fully saturated rings. The normalized spacial score (nSPS) is 25.3. The molecule has 0 radical (unpaired) electrons. The summed E-state index contributed by atoms with van der Waals surface area (Å²) in [6, 6.07) is 11.4. The Morgan fingerprint density at radius 3 is 2.64 bits per heavy atom. The number of benzene rings is 1. The molecule has 1 N–H and O–H groups in total. The van der Waals surface area contributed by atoms with Crippen LogP contribution in [0.25, 0.3) is 11.1 Å². The topological polar surface area (TPSA) is 67.5 Å². The van der Waals surface area contributed by atoms with Crippen LogP contribution >= 0.6 is 11.6 Å². The van der Waals surface area contributed by atoms with Crippen LogP contribution in [0.2, 0.25) is 5.02 Å². The third kappa shape index (κ3) is 4.05. The molecule has 3 aromatic rings. The summed E-state index contributed by atoms with van der Waals surface area (Å²) in [4.78, 5) is 29.2. The van der Waals surface area contributed by atoms with E-state index in [0.29, 0.717) is 41.7 Å². The van der Waals surface area contributed by atoms with Gasteiger partial charge in [0.25, 0.3) is 5.91 Å². The second kappa shape index (κ2) is 8.56. The van der Waals surface area contributed by atoms with Crippen LogP contribution in [0.4, 0.5) is 0 Å². The lowest BCUT2D eigenvalue weighted by molar-refractivity contribution is -0.133. The molecule has 3 heterocycles. The van der Waals surface area contributed by atoms with E-state index in [1.807, 2.05) is 41.8 Å². The molecule has 2 amide bonds. The van der Waals surface area contributed by atoms with E-state index in [1.54, 1.807) is 17.2 Å². The van der Waals surface area contributed by atoms with Crippen molar-refractivity contribution in [3.8, 4) is 0 Å². The lowest BCUT2D eigenvalue weighted by Crippen LogP contribution is -2.65. The fourth-order valence-electron chi connectivity index (χ4n) is 5.26. The predicted molar refractivity (Wildman–Crippen MR) is 128 cm³/mol. The molecule has 1 atom stereocenters. The summed E-state index contributed by atoms with van der Waals surface area (Å²) in [5.74, 6) is 0.483. The maximum Gasteiger partial charge on any atom is 0.271 e. The van der Waals surface area contributed by atoms with Crippen LogP contribution in [0.3, 0.4) is 0 Å². The Morgan fingerprint density at radius 2 is 1.91 bits per heavy atom. The molecule has 0 unspecified atom stereocenters. The van der Waals surface area contributed by atoms with Crippen LogP contribution in [-0.2, 0) is 17.8 Å². The van der Waals surface area contributed by atoms with Crippen molar-refractivity contribution >= 4 is 34.5 Å². The number of fused-ring (bicyclic) bond motifs is 3. The highest BCUT2D eigenvalue weighted by Crippen LogP contribution is 2.33. The fourth-order valence-corrected chi connectivity index (χ4v) is 5.39. The highest BCUT2D eigenvalue weighted by molar-refractivity contribution is 6.30. The number of nitrogens with zero attached hydrogens (tertiary/aromatic N) is 2. The fraction of sp³-hybridized carbons (Fsp3) is 0.462. The van der Waals surface area contributed by atoms with E-state index >= 15 is 0 Å². The van der Waals surface area contributed by atoms with Crippen molar-refractivity contribution in [2.75, 3.05) is 6.54 Å². The van der Waals surface area contributed by atoms with E-state index in [9.17, 15) is 9.59 Å². The first-order valence-corrected chi connectivity index (χ1v) is 12.2. The maximum absolute atomic E-state index is 13.7. The van der Waals surface area contributed by atoms with E-state index in [1.165, 1.54) is 0 Å². The van der Waals surface area contributed by atoms with Crippen molar-refractivity contribution in [1.82, 2.24) is 14.8 Å². The van der Waals surface area contributed by atoms with Crippen molar-refractivity contribution in [3.63, 3.8) is 0 Å². The molecular formula is C26H30ClN3O3. The molecule has 0 bridgehead atoms. The minimum Gasteiger partial charge on any atom is -0.463 e. The maximum atomic E-state index is 13.7. The van der Waals surface area contributed by atoms with Crippen molar-refractivity contribution in [2.45, 2.75) is 64.1 Å². The van der Waals surface area contributed by atoms with Crippen LogP contribution in [0, 0.1) is 5.92 Å². The van der Waals surface area contributed by atoms with Gasteiger partial charge in [0.05, 0.1) is 18.3 Å². The Balaban J connectivity index is 1.44. The minimum atomic E-state index is -0.997. The summed E-state index contributed by atoms with van der Waals surface area (Å²) >= 11 is 6.03. The molecule has 5 rings (SSSR count). The zero-order valence-electron chi connectivity index (χ0n) is 19.1. The molecule has 0 saturated heterocycles. The second-order valence-corrected chi connectivity index (χ2v) is 10.3. The third-order valence-electron chi connectivity index (χ3n) is 7.43. The number of hydrogen-bond acceptors (Lipinski definition) is 3. The molecule has 174 valence electrons. The number of nitrogens with one attached hydrogen (secondary N) is 1. The smallest absolute Gasteiger partial charge is 0.271 e. The summed E-state index contributed by atoms with van der Waals surface area (Å²) in [6.07, 6.45) is 6.49. The van der Waals surface area contributed by atoms with Gasteiger partial charge in [-0.05, 0) is 62.6 Å². The Bertz CT molecular complexity index is 1170. The van der Waals surface area contributed by atoms with E-state index in [2.05, 4.69) is 12.2 Å². The molecule has 33 heavy (non-hydrogen) atoms. The highest BCUT2D eigenvalue weighted by atomic mass is 35.5. The Kier molecular flexibility index (Phi) is 5.73. The Morgan fingerprint density at radius 1 is 1.18 bits per heavy atom. The summed E-state index contributed by atoms with van der Waals surface area (Å²) in [5.41, 5.74) is 2.16. The second-order valence-electron chi connectivity index (χ2n) is 9.82. The van der Waals surface area contributed by atoms with Gasteiger partial charge in [-0.3, -0.25) is 9.59 Å². The summed E-state index contributed by atoms with van der Waals surface area (Å²) in [6.45, 7) is 5.00. The summed E-state index contributed by atoms with van der Waals surface area (Å²) < 4.78 is 7.48. The van der Waals surface area contributed by atoms with Crippen LogP contribution in [0.1, 0.15) is 55.6 Å². The van der Waals surface area contributed by atoms with E-state index in [-0.39, 0.29) is 17.9 Å². The summed E-state index contributed by atoms with van der Waals surface area (Å²) in [7, 11) is 0. The first-order chi connectivity index (χ1) is 15.8. The van der Waals surface area contributed by atoms with Crippen LogP contribution in [0.15, 0.2) is 47.1 Å². The third-order valence-corrected chi connectivity index (χ3v) is 7.68. The van der Waals surface area contributed by atoms with Gasteiger partial charge in [-0.15, -0.1) is 0 Å². The van der Waals surface area contributed by atoms with Gasteiger partial charge in [0.1, 0.15) is 11.2 Å². The Labute approximate surface area is 198 Å². The van der Waals surface area contributed by atoms with Crippen LogP contribution in [-0.4, -0.2) is 39.4 Å². The van der Waals surface area contributed by atoms with Gasteiger partial charge < -0.3 is 19.2 Å². The molecular weight excluding hydrogens is 438 g/mol. The van der Waals surface area contributed by atoms with Crippen molar-refractivity contribution < 1.29 is 14.0 Å². The number of furan rings is 1. The lowest BCUT2D eigenvalue weighted by atomic mass is 9.86. The molecule has 1 saturated carbocycles. The highest BCUT2D eigenvalue weighted by Gasteiger charge is 2.48. The van der Waals surface area contributed by atoms with Gasteiger partial charge in [-0.25, -0.2) is 0 Å². The quantitative estimate of drug-likeness (QED) is 0.571. The molecule has 6 nitrogen and oxygen atoms in total. The monoisotopic (exact) mass is 467 g/mol. The average Bonchev–Trinajstić information content (AvgIpc) is 3.39. The molecule has 2 aromatic heterocycles. The standard InChI is InChI=1S/C26H30ClN3O3/c1-17-3-9-20(10-4-17)28-25(32)26(2)16-29-21-12-14-33-23(21)15-22(29)24(31)30(26)13-11-18-5-7-19(27)8-6-18/h5-8,12,14-15,17,20H,3-4,9-11,13,16H2,1-2H3,(H,28,32)/t17?,20?,26-/m0/s1. The van der Waals surface area contributed by atoms with Crippen molar-refractivity contribution in [2.24, 2.45) is 5.92 Å². The predicted octanol–water partition coefficient (Wildman–Crippen LogP) is 5.04. The van der Waals surface area contributed by atoms with Gasteiger partial charge in [0.2, 0.25) is 5.91 Å². The molecule has 7 heteroatoms. The van der Waals surface area contributed by atoms with Gasteiger partial charge in [-0.1, -0.05) is 30.7 Å². The Hall–Kier alpha value is -2.73. The minimum absolute atomic E-state index is 0.0810. The van der Waals surface area contributed by atoms with Crippen molar-refractivity contribution in [1.29, 1.82) is 0 Å². The number of amides is 2. The largest absolute Gasteiger partial charge is 0.463 e. The SMILES string of the molecule is CC1CCC(NC(=O)[C@]2(C)Cn3c(cc4occc43)C(=O)N2CCc2ccc(Cl)cc2)CC1. The molecule has 1 aliphatic heterocycles. The van der Waals surface area contributed by atoms with Crippen LogP contribution < -0.4 is 5.32 Å². The zero-order valence-corrected chi connectivity index (χ0v) is 19.9. The van der Waals surface area contributed by atoms with Gasteiger partial charge >= 0.3 is 0 Å². The van der Waals surface area contributed by atoms with Gasteiger partial charge in [-0.2, -0.15) is 0 Å². The zero-order chi connectivity index (χ0) is 23.2. The number of rotatable bonds is 5. The van der Waals surface area contributed by atoms with E-state index < -0.39 is 5.54 Å². The van der Waals surface area contributed by atoms with E-state index in [4.69, 9.17) is 16.0 Å². The lowest BCUT2D eigenvalue weighted by Gasteiger charge is -2.45. The molecule has 0 spiro atoms. The number of carbonyl (C=O) groups excluding carboxylic acids is 2. The molecule has 1 aromatic carbocycles. The first kappa shape index (κ1) is 22.1. The van der Waals surface area contributed by atoms with Crippen molar-refractivity contribution in [3.05, 3.63) is 58.9 Å². The molecule has 1 aliphatic carbocycles. The van der Waals surface area contributed by atoms with Gasteiger partial charge in [0, 0.05) is 29.7 Å². The number of aromatic nitrogens is 1. The number of carbonyl (C=O) groups is 2. The number of halogens is 1. The summed E-state index contributed by atoms with van der Waals surface area (Å²) in [5, 5.41) is 3.96.